The fourth-order valence-electron chi connectivity index (χ4n) is 3.02. The van der Waals surface area contributed by atoms with E-state index >= 15 is 0 Å². The third-order valence-electron chi connectivity index (χ3n) is 4.47. The molecule has 0 aliphatic carbocycles. The van der Waals surface area contributed by atoms with Crippen LogP contribution in [0.4, 0.5) is 0 Å². The maximum atomic E-state index is 12.6. The van der Waals surface area contributed by atoms with Crippen LogP contribution in [-0.2, 0) is 16.2 Å². The van der Waals surface area contributed by atoms with Crippen molar-refractivity contribution in [1.29, 1.82) is 0 Å². The van der Waals surface area contributed by atoms with E-state index in [4.69, 9.17) is 26.8 Å². The number of benzene rings is 2. The lowest BCUT2D eigenvalue weighted by Gasteiger charge is -2.13. The van der Waals surface area contributed by atoms with Crippen molar-refractivity contribution < 1.29 is 24.2 Å². The Hall–Kier alpha value is -2.84. The first-order chi connectivity index (χ1) is 14.9. The molecule has 1 amide bonds. The predicted octanol–water partition coefficient (Wildman–Crippen LogP) is 4.65. The summed E-state index contributed by atoms with van der Waals surface area (Å²) in [4.78, 5) is 25.2. The lowest BCUT2D eigenvalue weighted by atomic mass is 10.1. The number of aryl methyl sites for hydroxylation is 1. The number of carbonyl (C=O) groups is 2. The molecule has 0 saturated carbocycles. The van der Waals surface area contributed by atoms with Crippen LogP contribution in [0.2, 0.25) is 0 Å². The first-order valence-electron chi connectivity index (χ1n) is 9.79. The fourth-order valence-corrected chi connectivity index (χ4v) is 4.33. The van der Waals surface area contributed by atoms with E-state index < -0.39 is 5.97 Å². The van der Waals surface area contributed by atoms with Crippen molar-refractivity contribution in [2.75, 3.05) is 13.2 Å². The molecule has 0 unspecified atom stereocenters. The van der Waals surface area contributed by atoms with Gasteiger partial charge in [-0.05, 0) is 43.2 Å². The van der Waals surface area contributed by atoms with Gasteiger partial charge in [0.15, 0.2) is 11.5 Å². The van der Waals surface area contributed by atoms with Gasteiger partial charge in [-0.3, -0.25) is 14.5 Å². The van der Waals surface area contributed by atoms with Crippen LogP contribution in [0.1, 0.15) is 30.0 Å². The fraction of sp³-hybridized carbons (Fsp3) is 0.261. The molecule has 1 fully saturated rings. The van der Waals surface area contributed by atoms with E-state index in [1.807, 2.05) is 50.2 Å². The Bertz CT molecular complexity index is 1030. The monoisotopic (exact) mass is 457 g/mol. The Balaban J connectivity index is 1.76. The van der Waals surface area contributed by atoms with Crippen molar-refractivity contribution in [3.8, 4) is 11.5 Å². The van der Waals surface area contributed by atoms with Crippen LogP contribution in [0.3, 0.4) is 0 Å². The van der Waals surface area contributed by atoms with Crippen LogP contribution >= 0.6 is 24.0 Å². The molecule has 1 heterocycles. The largest absolute Gasteiger partial charge is 0.490 e. The van der Waals surface area contributed by atoms with Crippen LogP contribution in [0.15, 0.2) is 47.4 Å². The van der Waals surface area contributed by atoms with E-state index in [0.717, 1.165) is 22.9 Å². The van der Waals surface area contributed by atoms with Crippen LogP contribution in [0.5, 0.6) is 11.5 Å². The van der Waals surface area contributed by atoms with E-state index in [2.05, 4.69) is 6.07 Å². The van der Waals surface area contributed by atoms with Gasteiger partial charge >= 0.3 is 5.97 Å². The minimum atomic E-state index is -0.972. The second-order valence-electron chi connectivity index (χ2n) is 6.89. The number of thioether (sulfide) groups is 1. The molecule has 8 heteroatoms. The van der Waals surface area contributed by atoms with Crippen LogP contribution in [0, 0.1) is 6.92 Å². The Kier molecular flexibility index (Phi) is 7.70. The number of carbonyl (C=O) groups excluding carboxylic acids is 1. The van der Waals surface area contributed by atoms with Gasteiger partial charge < -0.3 is 14.6 Å². The van der Waals surface area contributed by atoms with Gasteiger partial charge in [-0.15, -0.1) is 0 Å². The molecule has 1 saturated heterocycles. The average Bonchev–Trinajstić information content (AvgIpc) is 2.98. The maximum Gasteiger partial charge on any atom is 0.305 e. The van der Waals surface area contributed by atoms with Gasteiger partial charge in [0.1, 0.15) is 10.9 Å². The molecular weight excluding hydrogens is 434 g/mol. The molecule has 0 atom stereocenters. The summed E-state index contributed by atoms with van der Waals surface area (Å²) in [6.07, 6.45) is 1.58. The van der Waals surface area contributed by atoms with Gasteiger partial charge in [-0.2, -0.15) is 0 Å². The summed E-state index contributed by atoms with van der Waals surface area (Å²) in [5.41, 5.74) is 3.00. The molecule has 0 spiro atoms. The molecule has 0 radical (unpaired) electrons. The SMILES string of the molecule is CCOc1cc(/C=C2/SC(=S)N(CCC(=O)O)C2=O)ccc1OCc1cccc(C)c1. The van der Waals surface area contributed by atoms with Gasteiger partial charge in [0.2, 0.25) is 0 Å². The Labute approximate surface area is 190 Å². The number of ether oxygens (including phenoxy) is 2. The lowest BCUT2D eigenvalue weighted by molar-refractivity contribution is -0.137. The number of thiocarbonyl (C=S) groups is 1. The molecule has 162 valence electrons. The Morgan fingerprint density at radius 2 is 2.00 bits per heavy atom. The molecular formula is C23H23NO5S2. The number of aliphatic carboxylic acids is 1. The van der Waals surface area contributed by atoms with E-state index in [1.54, 1.807) is 6.08 Å². The van der Waals surface area contributed by atoms with Crippen molar-refractivity contribution in [2.24, 2.45) is 0 Å². The van der Waals surface area contributed by atoms with Gasteiger partial charge in [0.25, 0.3) is 5.91 Å². The van der Waals surface area contributed by atoms with Crippen LogP contribution in [0.25, 0.3) is 6.08 Å². The minimum absolute atomic E-state index is 0.0628. The normalized spacial score (nSPS) is 14.9. The van der Waals surface area contributed by atoms with Gasteiger partial charge in [-0.1, -0.05) is 59.9 Å². The highest BCUT2D eigenvalue weighted by Gasteiger charge is 2.32. The Morgan fingerprint density at radius 1 is 1.19 bits per heavy atom. The highest BCUT2D eigenvalue weighted by Crippen LogP contribution is 2.35. The summed E-state index contributed by atoms with van der Waals surface area (Å²) in [6.45, 7) is 4.89. The zero-order valence-corrected chi connectivity index (χ0v) is 18.9. The molecule has 1 N–H and O–H groups in total. The van der Waals surface area contributed by atoms with Gasteiger partial charge in [0, 0.05) is 6.54 Å². The van der Waals surface area contributed by atoms with E-state index in [1.165, 1.54) is 10.5 Å². The van der Waals surface area contributed by atoms with Gasteiger partial charge in [-0.25, -0.2) is 0 Å². The molecule has 2 aromatic rings. The summed E-state index contributed by atoms with van der Waals surface area (Å²) < 4.78 is 12.1. The molecule has 6 nitrogen and oxygen atoms in total. The zero-order chi connectivity index (χ0) is 22.4. The third kappa shape index (κ3) is 6.08. The second-order valence-corrected chi connectivity index (χ2v) is 8.57. The molecule has 0 bridgehead atoms. The smallest absolute Gasteiger partial charge is 0.305 e. The predicted molar refractivity (Wildman–Crippen MR) is 125 cm³/mol. The number of amides is 1. The first kappa shape index (κ1) is 22.8. The standard InChI is InChI=1S/C23H23NO5S2/c1-3-28-19-12-16(7-8-18(19)29-14-17-6-4-5-15(2)11-17)13-20-22(27)24(23(30)31-20)10-9-21(25)26/h4-8,11-13H,3,9-10,14H2,1-2H3,(H,25,26)/b20-13+. The summed E-state index contributed by atoms with van der Waals surface area (Å²) in [6, 6.07) is 13.6. The number of carboxylic acid groups (broad SMARTS) is 1. The molecule has 1 aliphatic heterocycles. The summed E-state index contributed by atoms with van der Waals surface area (Å²) in [5.74, 6) is -0.0469. The molecule has 31 heavy (non-hydrogen) atoms. The quantitative estimate of drug-likeness (QED) is 0.434. The minimum Gasteiger partial charge on any atom is -0.490 e. The maximum absolute atomic E-state index is 12.6. The zero-order valence-electron chi connectivity index (χ0n) is 17.3. The average molecular weight is 458 g/mol. The second kappa shape index (κ2) is 10.5. The summed E-state index contributed by atoms with van der Waals surface area (Å²) >= 11 is 6.40. The third-order valence-corrected chi connectivity index (χ3v) is 5.84. The van der Waals surface area contributed by atoms with E-state index in [9.17, 15) is 9.59 Å². The molecule has 2 aromatic carbocycles. The Morgan fingerprint density at radius 3 is 2.71 bits per heavy atom. The number of carboxylic acids is 1. The van der Waals surface area contributed by atoms with Gasteiger partial charge in [0.05, 0.1) is 17.9 Å². The lowest BCUT2D eigenvalue weighted by Crippen LogP contribution is -2.30. The van der Waals surface area contributed by atoms with E-state index in [-0.39, 0.29) is 18.9 Å². The highest BCUT2D eigenvalue weighted by molar-refractivity contribution is 8.26. The van der Waals surface area contributed by atoms with Crippen molar-refractivity contribution in [3.05, 3.63) is 64.1 Å². The van der Waals surface area contributed by atoms with Crippen molar-refractivity contribution >= 4 is 46.3 Å². The summed E-state index contributed by atoms with van der Waals surface area (Å²) in [7, 11) is 0. The molecule has 3 rings (SSSR count). The first-order valence-corrected chi connectivity index (χ1v) is 11.0. The molecule has 1 aliphatic rings. The number of rotatable bonds is 9. The topological polar surface area (TPSA) is 76.1 Å². The number of hydrogen-bond acceptors (Lipinski definition) is 6. The van der Waals surface area contributed by atoms with Crippen molar-refractivity contribution in [2.45, 2.75) is 26.9 Å². The highest BCUT2D eigenvalue weighted by atomic mass is 32.2. The number of nitrogens with zero attached hydrogens (tertiary/aromatic N) is 1. The van der Waals surface area contributed by atoms with E-state index in [0.29, 0.717) is 33.9 Å². The van der Waals surface area contributed by atoms with Crippen LogP contribution < -0.4 is 9.47 Å². The van der Waals surface area contributed by atoms with Crippen LogP contribution in [-0.4, -0.2) is 39.4 Å². The van der Waals surface area contributed by atoms with Crippen molar-refractivity contribution in [3.63, 3.8) is 0 Å². The molecule has 0 aromatic heterocycles. The summed E-state index contributed by atoms with van der Waals surface area (Å²) in [5, 5.41) is 8.86. The van der Waals surface area contributed by atoms with Crippen molar-refractivity contribution in [1.82, 2.24) is 4.90 Å². The number of hydrogen-bond donors (Lipinski definition) is 1.